The third-order valence-electron chi connectivity index (χ3n) is 4.18. The molecule has 0 fully saturated rings. The van der Waals surface area contributed by atoms with E-state index in [1.165, 1.54) is 30.3 Å². The van der Waals surface area contributed by atoms with Crippen LogP contribution in [0.15, 0.2) is 63.5 Å². The molecule has 1 aliphatic heterocycles. The van der Waals surface area contributed by atoms with E-state index in [0.717, 1.165) is 4.47 Å². The van der Waals surface area contributed by atoms with E-state index in [9.17, 15) is 22.8 Å². The highest BCUT2D eigenvalue weighted by Crippen LogP contribution is 2.30. The maximum atomic E-state index is 12.8. The Hall–Kier alpha value is -2.78. The van der Waals surface area contributed by atoms with Crippen molar-refractivity contribution in [2.45, 2.75) is 11.8 Å². The number of carbonyl (C=O) groups excluding carboxylic acids is 3. The van der Waals surface area contributed by atoms with Crippen molar-refractivity contribution in [2.24, 2.45) is 0 Å². The molecule has 3 rings (SSSR count). The van der Waals surface area contributed by atoms with E-state index >= 15 is 0 Å². The van der Waals surface area contributed by atoms with Crippen molar-refractivity contribution >= 4 is 49.7 Å². The molecule has 1 amide bonds. The number of sulfonamides is 1. The smallest absolute Gasteiger partial charge is 0.341 e. The molecule has 0 N–H and O–H groups in total. The molecule has 0 saturated carbocycles. The average Bonchev–Trinajstić information content (AvgIpc) is 2.88. The Morgan fingerprint density at radius 3 is 2.38 bits per heavy atom. The standard InChI is InChI=1S/C20H16BrNO6S/c1-2-28-20(25)16(11-13-7-9-14(21)10-8-13)17(23)12-22-19(24)15-5-3-4-6-18(15)29(22,26)27/h3-11H,2,12H2,1H3/b16-11-. The first-order valence-corrected chi connectivity index (χ1v) is 10.8. The number of ketones is 1. The maximum absolute atomic E-state index is 12.8. The first-order valence-electron chi connectivity index (χ1n) is 8.59. The highest BCUT2D eigenvalue weighted by atomic mass is 79.9. The van der Waals surface area contributed by atoms with Gasteiger partial charge in [0, 0.05) is 4.47 Å². The summed E-state index contributed by atoms with van der Waals surface area (Å²) >= 11 is 3.30. The summed E-state index contributed by atoms with van der Waals surface area (Å²) < 4.78 is 31.5. The van der Waals surface area contributed by atoms with Gasteiger partial charge in [-0.05, 0) is 42.8 Å². The number of Topliss-reactive ketones (excluding diaryl/α,β-unsaturated/α-hetero) is 1. The summed E-state index contributed by atoms with van der Waals surface area (Å²) in [6, 6.07) is 12.5. The van der Waals surface area contributed by atoms with Gasteiger partial charge in [-0.15, -0.1) is 0 Å². The molecule has 0 aromatic heterocycles. The summed E-state index contributed by atoms with van der Waals surface area (Å²) in [4.78, 5) is 37.5. The van der Waals surface area contributed by atoms with Crippen LogP contribution >= 0.6 is 15.9 Å². The van der Waals surface area contributed by atoms with Gasteiger partial charge in [0.2, 0.25) is 0 Å². The van der Waals surface area contributed by atoms with Gasteiger partial charge in [0.25, 0.3) is 15.9 Å². The highest BCUT2D eigenvalue weighted by molar-refractivity contribution is 9.10. The number of rotatable bonds is 6. The lowest BCUT2D eigenvalue weighted by Crippen LogP contribution is -2.36. The second-order valence-corrected chi connectivity index (χ2v) is 8.81. The Morgan fingerprint density at radius 2 is 1.76 bits per heavy atom. The van der Waals surface area contributed by atoms with Crippen LogP contribution in [0, 0.1) is 0 Å². The van der Waals surface area contributed by atoms with Gasteiger partial charge in [0.05, 0.1) is 12.2 Å². The molecule has 0 radical (unpaired) electrons. The second kappa shape index (κ2) is 8.30. The molecule has 150 valence electrons. The van der Waals surface area contributed by atoms with Crippen LogP contribution in [0.3, 0.4) is 0 Å². The number of ether oxygens (including phenoxy) is 1. The van der Waals surface area contributed by atoms with E-state index < -0.39 is 34.2 Å². The molecule has 0 bridgehead atoms. The van der Waals surface area contributed by atoms with Crippen molar-refractivity contribution in [3.63, 3.8) is 0 Å². The van der Waals surface area contributed by atoms with Gasteiger partial charge in [0.1, 0.15) is 17.0 Å². The predicted molar refractivity (Wildman–Crippen MR) is 108 cm³/mol. The van der Waals surface area contributed by atoms with Gasteiger partial charge in [-0.2, -0.15) is 0 Å². The highest BCUT2D eigenvalue weighted by Gasteiger charge is 2.42. The van der Waals surface area contributed by atoms with E-state index in [1.54, 1.807) is 31.2 Å². The fourth-order valence-corrected chi connectivity index (χ4v) is 4.58. The van der Waals surface area contributed by atoms with Crippen LogP contribution < -0.4 is 0 Å². The van der Waals surface area contributed by atoms with Gasteiger partial charge in [-0.3, -0.25) is 9.59 Å². The lowest BCUT2D eigenvalue weighted by atomic mass is 10.1. The lowest BCUT2D eigenvalue weighted by Gasteiger charge is -2.15. The third kappa shape index (κ3) is 4.15. The summed E-state index contributed by atoms with van der Waals surface area (Å²) in [6.45, 7) is 0.831. The number of esters is 1. The summed E-state index contributed by atoms with van der Waals surface area (Å²) in [5.41, 5.74) is 0.200. The molecule has 0 saturated heterocycles. The van der Waals surface area contributed by atoms with Crippen LogP contribution in [-0.4, -0.2) is 43.5 Å². The van der Waals surface area contributed by atoms with Crippen molar-refractivity contribution in [3.8, 4) is 0 Å². The minimum atomic E-state index is -4.16. The zero-order valence-corrected chi connectivity index (χ0v) is 17.7. The Bertz CT molecular complexity index is 1120. The number of amides is 1. The number of nitrogens with zero attached hydrogens (tertiary/aromatic N) is 1. The molecule has 0 aliphatic carbocycles. The van der Waals surface area contributed by atoms with Gasteiger partial charge < -0.3 is 4.74 Å². The lowest BCUT2D eigenvalue weighted by molar-refractivity contribution is -0.139. The van der Waals surface area contributed by atoms with E-state index in [0.29, 0.717) is 9.87 Å². The van der Waals surface area contributed by atoms with Crippen LogP contribution in [-0.2, 0) is 24.3 Å². The maximum Gasteiger partial charge on any atom is 0.341 e. The molecule has 1 heterocycles. The first kappa shape index (κ1) is 20.9. The summed E-state index contributed by atoms with van der Waals surface area (Å²) in [6.07, 6.45) is 1.31. The number of carbonyl (C=O) groups is 3. The van der Waals surface area contributed by atoms with Gasteiger partial charge in [-0.25, -0.2) is 17.5 Å². The summed E-state index contributed by atoms with van der Waals surface area (Å²) in [7, 11) is -4.16. The van der Waals surface area contributed by atoms with E-state index in [1.807, 2.05) is 0 Å². The van der Waals surface area contributed by atoms with Gasteiger partial charge in [-0.1, -0.05) is 40.2 Å². The Labute approximate surface area is 176 Å². The molecule has 2 aromatic rings. The molecule has 1 aliphatic rings. The molecule has 29 heavy (non-hydrogen) atoms. The van der Waals surface area contributed by atoms with Crippen molar-refractivity contribution in [1.82, 2.24) is 4.31 Å². The van der Waals surface area contributed by atoms with Crippen LogP contribution in [0.2, 0.25) is 0 Å². The summed E-state index contributed by atoms with van der Waals surface area (Å²) in [5.74, 6) is -2.53. The molecule has 0 atom stereocenters. The number of fused-ring (bicyclic) bond motifs is 1. The number of halogens is 1. The molecule has 7 nitrogen and oxygen atoms in total. The number of hydrogen-bond donors (Lipinski definition) is 0. The van der Waals surface area contributed by atoms with E-state index in [2.05, 4.69) is 15.9 Å². The molecule has 9 heteroatoms. The average molecular weight is 478 g/mol. The van der Waals surface area contributed by atoms with Crippen LogP contribution in [0.5, 0.6) is 0 Å². The molecule has 2 aromatic carbocycles. The Balaban J connectivity index is 1.94. The van der Waals surface area contributed by atoms with Gasteiger partial charge >= 0.3 is 5.97 Å². The van der Waals surface area contributed by atoms with Crippen molar-refractivity contribution in [1.29, 1.82) is 0 Å². The van der Waals surface area contributed by atoms with E-state index in [-0.39, 0.29) is 22.6 Å². The van der Waals surface area contributed by atoms with Crippen molar-refractivity contribution in [3.05, 3.63) is 69.7 Å². The van der Waals surface area contributed by atoms with Crippen molar-refractivity contribution < 1.29 is 27.5 Å². The zero-order valence-electron chi connectivity index (χ0n) is 15.3. The van der Waals surface area contributed by atoms with E-state index in [4.69, 9.17) is 4.74 Å². The number of benzene rings is 2. The normalized spacial score (nSPS) is 15.2. The fraction of sp³-hybridized carbons (Fsp3) is 0.150. The molecule has 0 unspecified atom stereocenters. The largest absolute Gasteiger partial charge is 0.462 e. The van der Waals surface area contributed by atoms with Gasteiger partial charge in [0.15, 0.2) is 5.78 Å². The van der Waals surface area contributed by atoms with Crippen LogP contribution in [0.1, 0.15) is 22.8 Å². The molecular weight excluding hydrogens is 462 g/mol. The Kier molecular flexibility index (Phi) is 5.99. The first-order chi connectivity index (χ1) is 13.8. The van der Waals surface area contributed by atoms with Crippen LogP contribution in [0.25, 0.3) is 6.08 Å². The minimum absolute atomic E-state index is 0.00475. The fourth-order valence-electron chi connectivity index (χ4n) is 2.79. The SMILES string of the molecule is CCOC(=O)/C(=C\c1ccc(Br)cc1)C(=O)CN1C(=O)c2ccccc2S1(=O)=O. The molecule has 0 spiro atoms. The molecular formula is C20H16BrNO6S. The predicted octanol–water partition coefficient (Wildman–Crippen LogP) is 2.81. The van der Waals surface area contributed by atoms with Crippen molar-refractivity contribution in [2.75, 3.05) is 13.2 Å². The zero-order chi connectivity index (χ0) is 21.2. The second-order valence-electron chi connectivity index (χ2n) is 6.07. The quantitative estimate of drug-likeness (QED) is 0.274. The summed E-state index contributed by atoms with van der Waals surface area (Å²) in [5, 5.41) is 0. The minimum Gasteiger partial charge on any atom is -0.462 e. The topological polar surface area (TPSA) is 97.8 Å². The third-order valence-corrected chi connectivity index (χ3v) is 6.49. The monoisotopic (exact) mass is 477 g/mol. The Morgan fingerprint density at radius 1 is 1.10 bits per heavy atom. The number of hydrogen-bond acceptors (Lipinski definition) is 6. The van der Waals surface area contributed by atoms with Crippen LogP contribution in [0.4, 0.5) is 0 Å².